The number of carbonyl (C=O) groups excluding carboxylic acids is 2. The third-order valence-corrected chi connectivity index (χ3v) is 6.57. The molecule has 1 aromatic heterocycles. The molecular weight excluding hydrogens is 450 g/mol. The number of thioether (sulfide) groups is 1. The molecule has 0 spiro atoms. The minimum absolute atomic E-state index is 0.200. The van der Waals surface area contributed by atoms with Crippen LogP contribution in [0.2, 0.25) is 0 Å². The van der Waals surface area contributed by atoms with Gasteiger partial charge < -0.3 is 9.52 Å². The van der Waals surface area contributed by atoms with E-state index in [4.69, 9.17) is 9.52 Å². The van der Waals surface area contributed by atoms with E-state index in [0.717, 1.165) is 39.2 Å². The van der Waals surface area contributed by atoms with Crippen LogP contribution in [0.1, 0.15) is 27.2 Å². The summed E-state index contributed by atoms with van der Waals surface area (Å²) in [7, 11) is 0. The van der Waals surface area contributed by atoms with Crippen molar-refractivity contribution in [2.75, 3.05) is 0 Å². The number of carbonyl (C=O) groups is 3. The minimum Gasteiger partial charge on any atom is -0.478 e. The molecule has 5 rings (SSSR count). The van der Waals surface area contributed by atoms with Crippen LogP contribution in [0.15, 0.2) is 82.1 Å². The second kappa shape index (κ2) is 8.68. The smallest absolute Gasteiger partial charge is 0.335 e. The lowest BCUT2D eigenvalue weighted by atomic mass is 10.0. The van der Waals surface area contributed by atoms with Crippen molar-refractivity contribution in [1.82, 2.24) is 4.90 Å². The van der Waals surface area contributed by atoms with Crippen molar-refractivity contribution in [2.45, 2.75) is 13.5 Å². The van der Waals surface area contributed by atoms with Crippen LogP contribution in [0.4, 0.5) is 4.79 Å². The normalized spacial score (nSPS) is 15.0. The van der Waals surface area contributed by atoms with Crippen molar-refractivity contribution < 1.29 is 23.9 Å². The highest BCUT2D eigenvalue weighted by atomic mass is 32.2. The molecule has 1 aliphatic heterocycles. The van der Waals surface area contributed by atoms with Crippen LogP contribution in [0.5, 0.6) is 0 Å². The van der Waals surface area contributed by atoms with Gasteiger partial charge in [-0.25, -0.2) is 4.79 Å². The lowest BCUT2D eigenvalue weighted by Crippen LogP contribution is -2.27. The van der Waals surface area contributed by atoms with Crippen LogP contribution in [0, 0.1) is 6.92 Å². The Kier molecular flexibility index (Phi) is 5.55. The molecule has 0 saturated carbocycles. The largest absolute Gasteiger partial charge is 0.478 e. The van der Waals surface area contributed by atoms with Gasteiger partial charge in [0.1, 0.15) is 11.5 Å². The number of rotatable bonds is 5. The maximum Gasteiger partial charge on any atom is 0.335 e. The van der Waals surface area contributed by atoms with E-state index >= 15 is 0 Å². The highest BCUT2D eigenvalue weighted by Gasteiger charge is 2.35. The van der Waals surface area contributed by atoms with Crippen molar-refractivity contribution in [1.29, 1.82) is 0 Å². The van der Waals surface area contributed by atoms with Crippen molar-refractivity contribution in [3.63, 3.8) is 0 Å². The number of amides is 2. The molecule has 2 amide bonds. The van der Waals surface area contributed by atoms with E-state index in [0.29, 0.717) is 16.4 Å². The van der Waals surface area contributed by atoms with E-state index in [-0.39, 0.29) is 23.3 Å². The predicted molar refractivity (Wildman–Crippen MR) is 131 cm³/mol. The Balaban J connectivity index is 1.36. The summed E-state index contributed by atoms with van der Waals surface area (Å²) >= 11 is 0.886. The number of hydrogen-bond donors (Lipinski definition) is 1. The first-order valence-corrected chi connectivity index (χ1v) is 11.4. The second-order valence-corrected chi connectivity index (χ2v) is 8.98. The number of aryl methyl sites for hydroxylation is 1. The summed E-state index contributed by atoms with van der Waals surface area (Å²) in [5.74, 6) is -0.360. The molecule has 4 aromatic rings. The number of nitrogens with zero attached hydrogens (tertiary/aromatic N) is 1. The zero-order valence-corrected chi connectivity index (χ0v) is 19.0. The topological polar surface area (TPSA) is 87.8 Å². The number of benzene rings is 3. The molecule has 0 radical (unpaired) electrons. The van der Waals surface area contributed by atoms with E-state index in [2.05, 4.69) is 0 Å². The molecule has 1 aliphatic rings. The fraction of sp³-hybridized carbons (Fsp3) is 0.0741. The van der Waals surface area contributed by atoms with Gasteiger partial charge in [-0.05, 0) is 70.9 Å². The van der Waals surface area contributed by atoms with E-state index in [9.17, 15) is 14.4 Å². The first-order valence-electron chi connectivity index (χ1n) is 10.6. The maximum atomic E-state index is 12.9. The molecule has 0 bridgehead atoms. The van der Waals surface area contributed by atoms with Gasteiger partial charge in [-0.15, -0.1) is 0 Å². The standard InChI is InChI=1S/C27H19NO5S/c1-16-12-20(26(30)31)8-10-22(16)23-11-9-21(33-23)14-24-25(29)28(27(32)34-24)15-17-6-7-18-4-2-3-5-19(18)13-17/h2-14H,15H2,1H3,(H,30,31)/b24-14-. The van der Waals surface area contributed by atoms with Crippen LogP contribution in [-0.2, 0) is 11.3 Å². The average molecular weight is 470 g/mol. The summed E-state index contributed by atoms with van der Waals surface area (Å²) in [5.41, 5.74) is 2.60. The summed E-state index contributed by atoms with van der Waals surface area (Å²) in [5, 5.41) is 11.0. The van der Waals surface area contributed by atoms with Gasteiger partial charge in [0.15, 0.2) is 0 Å². The second-order valence-electron chi connectivity index (χ2n) is 7.99. The van der Waals surface area contributed by atoms with Crippen LogP contribution < -0.4 is 0 Å². The van der Waals surface area contributed by atoms with E-state index in [1.54, 1.807) is 30.3 Å². The van der Waals surface area contributed by atoms with Gasteiger partial charge in [0.05, 0.1) is 17.0 Å². The fourth-order valence-corrected chi connectivity index (χ4v) is 4.75. The summed E-state index contributed by atoms with van der Waals surface area (Å²) in [6.07, 6.45) is 1.57. The Morgan fingerprint density at radius 3 is 2.56 bits per heavy atom. The number of imide groups is 1. The third kappa shape index (κ3) is 4.13. The molecule has 168 valence electrons. The molecule has 0 aliphatic carbocycles. The Hall–Kier alpha value is -4.10. The quantitative estimate of drug-likeness (QED) is 0.343. The number of hydrogen-bond acceptors (Lipinski definition) is 5. The van der Waals surface area contributed by atoms with Gasteiger partial charge in [-0.1, -0.05) is 42.5 Å². The lowest BCUT2D eigenvalue weighted by molar-refractivity contribution is -0.123. The van der Waals surface area contributed by atoms with Crippen molar-refractivity contribution in [3.8, 4) is 11.3 Å². The first kappa shape index (κ1) is 21.7. The van der Waals surface area contributed by atoms with Crippen LogP contribution in [0.3, 0.4) is 0 Å². The van der Waals surface area contributed by atoms with Crippen molar-refractivity contribution in [2.24, 2.45) is 0 Å². The number of aromatic carboxylic acids is 1. The summed E-state index contributed by atoms with van der Waals surface area (Å²) in [6.45, 7) is 2.01. The SMILES string of the molecule is Cc1cc(C(=O)O)ccc1-c1ccc(/C=C2\SC(=O)N(Cc3ccc4ccccc4c3)C2=O)o1. The molecule has 0 atom stereocenters. The zero-order chi connectivity index (χ0) is 23.8. The summed E-state index contributed by atoms with van der Waals surface area (Å²) in [6, 6.07) is 22.1. The van der Waals surface area contributed by atoms with Crippen LogP contribution in [-0.4, -0.2) is 27.1 Å². The first-order chi connectivity index (χ1) is 16.4. The monoisotopic (exact) mass is 469 g/mol. The Bertz CT molecular complexity index is 1500. The van der Waals surface area contributed by atoms with Gasteiger partial charge in [0.25, 0.3) is 11.1 Å². The van der Waals surface area contributed by atoms with Crippen molar-refractivity contribution >= 4 is 45.7 Å². The molecule has 34 heavy (non-hydrogen) atoms. The summed E-state index contributed by atoms with van der Waals surface area (Å²) in [4.78, 5) is 38.2. The van der Waals surface area contributed by atoms with Gasteiger partial charge in [0, 0.05) is 11.6 Å². The van der Waals surface area contributed by atoms with Gasteiger partial charge >= 0.3 is 5.97 Å². The average Bonchev–Trinajstić information content (AvgIpc) is 3.39. The van der Waals surface area contributed by atoms with E-state index < -0.39 is 5.97 Å². The molecule has 7 heteroatoms. The van der Waals surface area contributed by atoms with Gasteiger partial charge in [-0.2, -0.15) is 0 Å². The Morgan fingerprint density at radius 2 is 1.79 bits per heavy atom. The number of furan rings is 1. The molecule has 3 aromatic carbocycles. The fourth-order valence-electron chi connectivity index (χ4n) is 3.93. The number of fused-ring (bicyclic) bond motifs is 1. The maximum absolute atomic E-state index is 12.9. The van der Waals surface area contributed by atoms with E-state index in [1.807, 2.05) is 49.4 Å². The van der Waals surface area contributed by atoms with Gasteiger partial charge in [-0.3, -0.25) is 14.5 Å². The van der Waals surface area contributed by atoms with Gasteiger partial charge in [0.2, 0.25) is 0 Å². The van der Waals surface area contributed by atoms with Crippen molar-refractivity contribution in [3.05, 3.63) is 100 Å². The number of carboxylic acid groups (broad SMARTS) is 1. The zero-order valence-electron chi connectivity index (χ0n) is 18.1. The molecule has 1 N–H and O–H groups in total. The summed E-state index contributed by atoms with van der Waals surface area (Å²) < 4.78 is 5.88. The lowest BCUT2D eigenvalue weighted by Gasteiger charge is -2.13. The van der Waals surface area contributed by atoms with E-state index in [1.165, 1.54) is 11.0 Å². The Labute approximate surface area is 199 Å². The van der Waals surface area contributed by atoms with Crippen LogP contribution >= 0.6 is 11.8 Å². The Morgan fingerprint density at radius 1 is 1.00 bits per heavy atom. The molecule has 6 nitrogen and oxygen atoms in total. The molecule has 0 unspecified atom stereocenters. The minimum atomic E-state index is -0.991. The molecule has 2 heterocycles. The highest BCUT2D eigenvalue weighted by Crippen LogP contribution is 2.35. The number of carboxylic acids is 1. The predicted octanol–water partition coefficient (Wildman–Crippen LogP) is 6.34. The van der Waals surface area contributed by atoms with Crippen LogP contribution in [0.25, 0.3) is 28.2 Å². The third-order valence-electron chi connectivity index (χ3n) is 5.67. The molecule has 1 saturated heterocycles. The molecular formula is C27H19NO5S. The molecule has 1 fully saturated rings. The highest BCUT2D eigenvalue weighted by molar-refractivity contribution is 8.18.